The van der Waals surface area contributed by atoms with E-state index in [1.165, 1.54) is 0 Å². The monoisotopic (exact) mass is 264 g/mol. The molecule has 0 saturated carbocycles. The Balaban J connectivity index is 2.48. The lowest BCUT2D eigenvalue weighted by Gasteiger charge is -2.24. The van der Waals surface area contributed by atoms with Gasteiger partial charge in [-0.2, -0.15) is 0 Å². The Kier molecular flexibility index (Phi) is 5.83. The molecule has 4 heteroatoms. The van der Waals surface area contributed by atoms with Crippen molar-refractivity contribution in [1.29, 1.82) is 0 Å². The van der Waals surface area contributed by atoms with E-state index in [4.69, 9.17) is 10.5 Å². The summed E-state index contributed by atoms with van der Waals surface area (Å²) in [7, 11) is 0. The lowest BCUT2D eigenvalue weighted by atomic mass is 10.0. The Hall–Kier alpha value is -1.55. The van der Waals surface area contributed by atoms with Crippen LogP contribution in [0, 0.1) is 0 Å². The topological polar surface area (TPSA) is 64.3 Å². The van der Waals surface area contributed by atoms with Gasteiger partial charge in [0, 0.05) is 5.54 Å². The molecule has 0 fully saturated rings. The molecule has 106 valence electrons. The molecule has 0 aromatic heterocycles. The smallest absolute Gasteiger partial charge is 0.258 e. The Morgan fingerprint density at radius 2 is 2.16 bits per heavy atom. The first-order valence-corrected chi connectivity index (χ1v) is 6.69. The van der Waals surface area contributed by atoms with Crippen LogP contribution < -0.4 is 15.8 Å². The van der Waals surface area contributed by atoms with Crippen LogP contribution >= 0.6 is 0 Å². The maximum atomic E-state index is 11.7. The molecule has 19 heavy (non-hydrogen) atoms. The van der Waals surface area contributed by atoms with Crippen molar-refractivity contribution in [3.8, 4) is 5.75 Å². The third-order valence-corrected chi connectivity index (χ3v) is 3.06. The van der Waals surface area contributed by atoms with Gasteiger partial charge in [-0.15, -0.1) is 0 Å². The lowest BCUT2D eigenvalue weighted by Crippen LogP contribution is -2.44. The van der Waals surface area contributed by atoms with Crippen LogP contribution in [-0.2, 0) is 11.2 Å². The zero-order chi connectivity index (χ0) is 14.3. The van der Waals surface area contributed by atoms with Crippen molar-refractivity contribution >= 4 is 5.91 Å². The normalized spacial score (nSPS) is 11.2. The number of ether oxygens (including phenoxy) is 1. The van der Waals surface area contributed by atoms with Crippen molar-refractivity contribution in [2.45, 2.75) is 39.2 Å². The average Bonchev–Trinajstić information content (AvgIpc) is 2.37. The maximum absolute atomic E-state index is 11.7. The van der Waals surface area contributed by atoms with E-state index in [1.54, 1.807) is 0 Å². The maximum Gasteiger partial charge on any atom is 0.258 e. The predicted octanol–water partition coefficient (Wildman–Crippen LogP) is 1.87. The molecule has 0 aliphatic rings. The van der Waals surface area contributed by atoms with Crippen LogP contribution in [0.15, 0.2) is 24.3 Å². The summed E-state index contributed by atoms with van der Waals surface area (Å²) >= 11 is 0. The fourth-order valence-electron chi connectivity index (χ4n) is 1.61. The number of carbonyl (C=O) groups is 1. The van der Waals surface area contributed by atoms with E-state index >= 15 is 0 Å². The van der Waals surface area contributed by atoms with Gasteiger partial charge in [0.2, 0.25) is 0 Å². The van der Waals surface area contributed by atoms with Crippen LogP contribution in [0.2, 0.25) is 0 Å². The second-order valence-electron chi connectivity index (χ2n) is 5.26. The van der Waals surface area contributed by atoms with Crippen LogP contribution in [-0.4, -0.2) is 24.6 Å². The summed E-state index contributed by atoms with van der Waals surface area (Å²) in [5, 5.41) is 2.93. The number of nitrogens with two attached hydrogens (primary N) is 1. The first kappa shape index (κ1) is 15.5. The average molecular weight is 264 g/mol. The molecule has 0 spiro atoms. The van der Waals surface area contributed by atoms with Gasteiger partial charge in [-0.1, -0.05) is 19.1 Å². The highest BCUT2D eigenvalue weighted by Gasteiger charge is 2.17. The van der Waals surface area contributed by atoms with Gasteiger partial charge in [-0.3, -0.25) is 4.79 Å². The summed E-state index contributed by atoms with van der Waals surface area (Å²) in [4.78, 5) is 11.7. The van der Waals surface area contributed by atoms with Crippen molar-refractivity contribution in [3.63, 3.8) is 0 Å². The highest BCUT2D eigenvalue weighted by atomic mass is 16.5. The van der Waals surface area contributed by atoms with Crippen molar-refractivity contribution in [1.82, 2.24) is 5.32 Å². The highest BCUT2D eigenvalue weighted by molar-refractivity contribution is 5.78. The summed E-state index contributed by atoms with van der Waals surface area (Å²) in [5.74, 6) is 0.603. The van der Waals surface area contributed by atoms with E-state index in [-0.39, 0.29) is 18.1 Å². The molecule has 0 aliphatic heterocycles. The van der Waals surface area contributed by atoms with Crippen LogP contribution in [0.4, 0.5) is 0 Å². The van der Waals surface area contributed by atoms with Crippen molar-refractivity contribution in [2.24, 2.45) is 5.73 Å². The van der Waals surface area contributed by atoms with Crippen molar-refractivity contribution in [3.05, 3.63) is 29.8 Å². The summed E-state index contributed by atoms with van der Waals surface area (Å²) < 4.78 is 5.49. The van der Waals surface area contributed by atoms with Crippen LogP contribution in [0.1, 0.15) is 32.8 Å². The quantitative estimate of drug-likeness (QED) is 0.790. The van der Waals surface area contributed by atoms with E-state index in [0.717, 1.165) is 18.4 Å². The standard InChI is InChI=1S/C15H24N2O2/c1-4-15(2,3)17-14(18)11-19-13-7-5-6-12(10-13)8-9-16/h5-7,10H,4,8-9,11,16H2,1-3H3,(H,17,18). The molecule has 1 rings (SSSR count). The number of rotatable bonds is 7. The van der Waals surface area contributed by atoms with Crippen molar-refractivity contribution in [2.75, 3.05) is 13.2 Å². The molecule has 0 heterocycles. The molecule has 0 atom stereocenters. The van der Waals surface area contributed by atoms with Crippen molar-refractivity contribution < 1.29 is 9.53 Å². The van der Waals surface area contributed by atoms with Gasteiger partial charge in [0.15, 0.2) is 6.61 Å². The summed E-state index contributed by atoms with van der Waals surface area (Å²) in [5.41, 5.74) is 6.44. The Labute approximate surface area is 115 Å². The zero-order valence-corrected chi connectivity index (χ0v) is 12.0. The molecule has 0 radical (unpaired) electrons. The number of hydrogen-bond donors (Lipinski definition) is 2. The van der Waals surface area contributed by atoms with Gasteiger partial charge >= 0.3 is 0 Å². The third kappa shape index (κ3) is 5.75. The number of nitrogens with one attached hydrogen (secondary N) is 1. The molecule has 1 amide bonds. The van der Waals surface area contributed by atoms with Crippen LogP contribution in [0.25, 0.3) is 0 Å². The summed E-state index contributed by atoms with van der Waals surface area (Å²) in [6, 6.07) is 7.68. The minimum absolute atomic E-state index is 0.0372. The SMILES string of the molecule is CCC(C)(C)NC(=O)COc1cccc(CCN)c1. The highest BCUT2D eigenvalue weighted by Crippen LogP contribution is 2.13. The number of carbonyl (C=O) groups excluding carboxylic acids is 1. The molecule has 1 aromatic carbocycles. The van der Waals surface area contributed by atoms with Gasteiger partial charge in [0.05, 0.1) is 0 Å². The Bertz CT molecular complexity index is 416. The van der Waals surface area contributed by atoms with E-state index < -0.39 is 0 Å². The predicted molar refractivity (Wildman–Crippen MR) is 77.2 cm³/mol. The number of hydrogen-bond acceptors (Lipinski definition) is 3. The second kappa shape index (κ2) is 7.14. The molecule has 3 N–H and O–H groups in total. The summed E-state index contributed by atoms with van der Waals surface area (Å²) in [6.45, 7) is 6.67. The Morgan fingerprint density at radius 3 is 2.79 bits per heavy atom. The van der Waals surface area contributed by atoms with Crippen LogP contribution in [0.3, 0.4) is 0 Å². The molecule has 0 aliphatic carbocycles. The van der Waals surface area contributed by atoms with Crippen LogP contribution in [0.5, 0.6) is 5.75 Å². The molecular weight excluding hydrogens is 240 g/mol. The largest absolute Gasteiger partial charge is 0.484 e. The van der Waals surface area contributed by atoms with Gasteiger partial charge in [-0.25, -0.2) is 0 Å². The minimum Gasteiger partial charge on any atom is -0.484 e. The number of benzene rings is 1. The zero-order valence-electron chi connectivity index (χ0n) is 12.0. The van der Waals surface area contributed by atoms with E-state index in [9.17, 15) is 4.79 Å². The van der Waals surface area contributed by atoms with Gasteiger partial charge in [-0.05, 0) is 50.9 Å². The van der Waals surface area contributed by atoms with Gasteiger partial charge in [0.25, 0.3) is 5.91 Å². The minimum atomic E-state index is -0.193. The van der Waals surface area contributed by atoms with E-state index in [0.29, 0.717) is 12.3 Å². The summed E-state index contributed by atoms with van der Waals surface area (Å²) in [6.07, 6.45) is 1.69. The van der Waals surface area contributed by atoms with Gasteiger partial charge in [0.1, 0.15) is 5.75 Å². The van der Waals surface area contributed by atoms with Gasteiger partial charge < -0.3 is 15.8 Å². The molecular formula is C15H24N2O2. The molecule has 0 saturated heterocycles. The third-order valence-electron chi connectivity index (χ3n) is 3.06. The number of amides is 1. The molecule has 1 aromatic rings. The fourth-order valence-corrected chi connectivity index (χ4v) is 1.61. The van der Waals surface area contributed by atoms with E-state index in [2.05, 4.69) is 5.32 Å². The second-order valence-corrected chi connectivity index (χ2v) is 5.26. The molecule has 4 nitrogen and oxygen atoms in total. The van der Waals surface area contributed by atoms with E-state index in [1.807, 2.05) is 45.0 Å². The lowest BCUT2D eigenvalue weighted by molar-refractivity contribution is -0.124. The Morgan fingerprint density at radius 1 is 1.42 bits per heavy atom. The fraction of sp³-hybridized carbons (Fsp3) is 0.533. The molecule has 0 unspecified atom stereocenters. The first-order valence-electron chi connectivity index (χ1n) is 6.69. The first-order chi connectivity index (χ1) is 8.96. The molecule has 0 bridgehead atoms.